The fraction of sp³-hybridized carbons (Fsp3) is 0.615. The van der Waals surface area contributed by atoms with Crippen LogP contribution in [0.2, 0.25) is 0 Å². The predicted molar refractivity (Wildman–Crippen MR) is 79.2 cm³/mol. The third kappa shape index (κ3) is 3.13. The Morgan fingerprint density at radius 2 is 2.11 bits per heavy atom. The smallest absolute Gasteiger partial charge is 0.263 e. The minimum absolute atomic E-state index is 0.151. The maximum Gasteiger partial charge on any atom is 0.263 e. The molecule has 0 atom stereocenters. The van der Waals surface area contributed by atoms with Gasteiger partial charge in [-0.2, -0.15) is 0 Å². The van der Waals surface area contributed by atoms with Gasteiger partial charge in [0.05, 0.1) is 4.88 Å². The Labute approximate surface area is 121 Å². The van der Waals surface area contributed by atoms with Gasteiger partial charge in [0, 0.05) is 29.0 Å². The number of halogens is 1. The molecule has 1 amide bonds. The molecule has 1 aromatic heterocycles. The summed E-state index contributed by atoms with van der Waals surface area (Å²) in [6.45, 7) is 0. The molecule has 1 heterocycles. The van der Waals surface area contributed by atoms with Gasteiger partial charge in [-0.3, -0.25) is 4.79 Å². The van der Waals surface area contributed by atoms with Crippen molar-refractivity contribution in [2.24, 2.45) is 0 Å². The summed E-state index contributed by atoms with van der Waals surface area (Å²) in [6, 6.07) is 2.92. The van der Waals surface area contributed by atoms with Crippen LogP contribution < -0.4 is 5.32 Å². The summed E-state index contributed by atoms with van der Waals surface area (Å²) < 4.78 is 0.989. The SMILES string of the molecule is CNC1CCC(N(C)C(=O)c2cc(Br)cs2)CC1. The van der Waals surface area contributed by atoms with Crippen molar-refractivity contribution < 1.29 is 4.79 Å². The zero-order valence-electron chi connectivity index (χ0n) is 10.8. The molecule has 1 aliphatic rings. The predicted octanol–water partition coefficient (Wildman–Crippen LogP) is 3.11. The molecule has 1 saturated carbocycles. The van der Waals surface area contributed by atoms with Gasteiger partial charge in [-0.05, 0) is 54.7 Å². The number of carbonyl (C=O) groups is 1. The van der Waals surface area contributed by atoms with Crippen LogP contribution >= 0.6 is 27.3 Å². The van der Waals surface area contributed by atoms with Crippen LogP contribution in [0.25, 0.3) is 0 Å². The first kappa shape index (κ1) is 14.0. The van der Waals surface area contributed by atoms with Gasteiger partial charge in [0.1, 0.15) is 0 Å². The second-order valence-corrected chi connectivity index (χ2v) is 6.67. The highest BCUT2D eigenvalue weighted by molar-refractivity contribution is 9.10. The van der Waals surface area contributed by atoms with Crippen molar-refractivity contribution in [1.82, 2.24) is 10.2 Å². The van der Waals surface area contributed by atoms with Crippen molar-refractivity contribution in [3.8, 4) is 0 Å². The molecule has 1 aliphatic carbocycles. The van der Waals surface area contributed by atoms with Crippen LogP contribution in [0.15, 0.2) is 15.9 Å². The van der Waals surface area contributed by atoms with Gasteiger partial charge in [0.2, 0.25) is 0 Å². The van der Waals surface area contributed by atoms with Crippen molar-refractivity contribution >= 4 is 33.2 Å². The zero-order valence-corrected chi connectivity index (χ0v) is 13.2. The van der Waals surface area contributed by atoms with Crippen LogP contribution in [0, 0.1) is 0 Å². The molecule has 1 N–H and O–H groups in total. The van der Waals surface area contributed by atoms with E-state index >= 15 is 0 Å². The number of hydrogen-bond donors (Lipinski definition) is 1. The van der Waals surface area contributed by atoms with Gasteiger partial charge in [-0.15, -0.1) is 11.3 Å². The van der Waals surface area contributed by atoms with E-state index in [2.05, 4.69) is 21.2 Å². The maximum absolute atomic E-state index is 12.3. The topological polar surface area (TPSA) is 32.3 Å². The Balaban J connectivity index is 1.95. The number of hydrogen-bond acceptors (Lipinski definition) is 3. The lowest BCUT2D eigenvalue weighted by molar-refractivity contribution is 0.0690. The number of amides is 1. The number of nitrogens with one attached hydrogen (secondary N) is 1. The van der Waals surface area contributed by atoms with Gasteiger partial charge in [-0.25, -0.2) is 0 Å². The molecule has 0 aliphatic heterocycles. The highest BCUT2D eigenvalue weighted by Gasteiger charge is 2.26. The number of carbonyl (C=O) groups excluding carboxylic acids is 1. The molecule has 0 bridgehead atoms. The number of nitrogens with zero attached hydrogens (tertiary/aromatic N) is 1. The molecule has 1 fully saturated rings. The fourth-order valence-electron chi connectivity index (χ4n) is 2.52. The molecule has 18 heavy (non-hydrogen) atoms. The summed E-state index contributed by atoms with van der Waals surface area (Å²) in [5.41, 5.74) is 0. The van der Waals surface area contributed by atoms with Crippen LogP contribution in [-0.4, -0.2) is 37.0 Å². The quantitative estimate of drug-likeness (QED) is 0.923. The fourth-order valence-corrected chi connectivity index (χ4v) is 3.92. The van der Waals surface area contributed by atoms with E-state index in [1.165, 1.54) is 11.3 Å². The lowest BCUT2D eigenvalue weighted by Gasteiger charge is -2.34. The molecule has 0 aromatic carbocycles. The van der Waals surface area contributed by atoms with Crippen molar-refractivity contribution in [2.75, 3.05) is 14.1 Å². The van der Waals surface area contributed by atoms with Crippen LogP contribution in [0.3, 0.4) is 0 Å². The Kier molecular flexibility index (Phi) is 4.81. The van der Waals surface area contributed by atoms with Crippen LogP contribution in [0.5, 0.6) is 0 Å². The van der Waals surface area contributed by atoms with E-state index in [1.54, 1.807) is 0 Å². The molecule has 0 spiro atoms. The summed E-state index contributed by atoms with van der Waals surface area (Å²) >= 11 is 4.90. The van der Waals surface area contributed by atoms with E-state index in [9.17, 15) is 4.79 Å². The molecule has 1 aromatic rings. The van der Waals surface area contributed by atoms with Crippen molar-refractivity contribution in [3.05, 3.63) is 20.8 Å². The van der Waals surface area contributed by atoms with Crippen molar-refractivity contribution in [1.29, 1.82) is 0 Å². The minimum Gasteiger partial charge on any atom is -0.338 e. The van der Waals surface area contributed by atoms with Gasteiger partial charge >= 0.3 is 0 Å². The van der Waals surface area contributed by atoms with E-state index in [0.717, 1.165) is 35.0 Å². The first-order chi connectivity index (χ1) is 8.61. The van der Waals surface area contributed by atoms with Crippen LogP contribution in [-0.2, 0) is 0 Å². The van der Waals surface area contributed by atoms with E-state index in [0.29, 0.717) is 12.1 Å². The van der Waals surface area contributed by atoms with Gasteiger partial charge in [-0.1, -0.05) is 0 Å². The summed E-state index contributed by atoms with van der Waals surface area (Å²) in [6.07, 6.45) is 4.51. The van der Waals surface area contributed by atoms with E-state index in [4.69, 9.17) is 0 Å². The highest BCUT2D eigenvalue weighted by Crippen LogP contribution is 2.26. The van der Waals surface area contributed by atoms with Gasteiger partial charge < -0.3 is 10.2 Å². The second-order valence-electron chi connectivity index (χ2n) is 4.84. The molecule has 0 saturated heterocycles. The second kappa shape index (κ2) is 6.17. The molecule has 5 heteroatoms. The van der Waals surface area contributed by atoms with Crippen molar-refractivity contribution in [2.45, 2.75) is 37.8 Å². The lowest BCUT2D eigenvalue weighted by atomic mass is 9.90. The molecular formula is C13H19BrN2OS. The molecular weight excluding hydrogens is 312 g/mol. The third-order valence-corrected chi connectivity index (χ3v) is 5.43. The average Bonchev–Trinajstić information content (AvgIpc) is 2.84. The Hall–Kier alpha value is -0.390. The maximum atomic E-state index is 12.3. The van der Waals surface area contributed by atoms with E-state index in [1.807, 2.05) is 30.4 Å². The zero-order chi connectivity index (χ0) is 13.1. The molecule has 3 nitrogen and oxygen atoms in total. The van der Waals surface area contributed by atoms with E-state index < -0.39 is 0 Å². The molecule has 0 radical (unpaired) electrons. The van der Waals surface area contributed by atoms with Crippen molar-refractivity contribution in [3.63, 3.8) is 0 Å². The largest absolute Gasteiger partial charge is 0.338 e. The Morgan fingerprint density at radius 3 is 2.61 bits per heavy atom. The third-order valence-electron chi connectivity index (χ3n) is 3.75. The van der Waals surface area contributed by atoms with Crippen LogP contribution in [0.1, 0.15) is 35.4 Å². The molecule has 2 rings (SSSR count). The lowest BCUT2D eigenvalue weighted by Crippen LogP contribution is -2.42. The summed E-state index contributed by atoms with van der Waals surface area (Å²) in [7, 11) is 3.95. The molecule has 0 unspecified atom stereocenters. The number of thiophene rings is 1. The van der Waals surface area contributed by atoms with Gasteiger partial charge in [0.25, 0.3) is 5.91 Å². The summed E-state index contributed by atoms with van der Waals surface area (Å²) in [4.78, 5) is 15.0. The average molecular weight is 331 g/mol. The summed E-state index contributed by atoms with van der Waals surface area (Å²) in [5, 5.41) is 5.28. The first-order valence-corrected chi connectivity index (χ1v) is 7.97. The van der Waals surface area contributed by atoms with E-state index in [-0.39, 0.29) is 5.91 Å². The van der Waals surface area contributed by atoms with Gasteiger partial charge in [0.15, 0.2) is 0 Å². The normalized spacial score (nSPS) is 23.9. The minimum atomic E-state index is 0.151. The first-order valence-electron chi connectivity index (χ1n) is 6.30. The highest BCUT2D eigenvalue weighted by atomic mass is 79.9. The summed E-state index contributed by atoms with van der Waals surface area (Å²) in [5.74, 6) is 0.151. The Bertz CT molecular complexity index is 413. The number of rotatable bonds is 3. The molecule has 100 valence electrons. The standard InChI is InChI=1S/C13H19BrN2OS/c1-15-10-3-5-11(6-4-10)16(2)13(17)12-7-9(14)8-18-12/h7-8,10-11,15H,3-6H2,1-2H3. The monoisotopic (exact) mass is 330 g/mol. The van der Waals surface area contributed by atoms with Crippen LogP contribution in [0.4, 0.5) is 0 Å². The Morgan fingerprint density at radius 1 is 1.44 bits per heavy atom.